The third kappa shape index (κ3) is 3.31. The molecule has 1 atom stereocenters. The van der Waals surface area contributed by atoms with E-state index in [4.69, 9.17) is 10.5 Å². The highest BCUT2D eigenvalue weighted by Crippen LogP contribution is 2.26. The second-order valence-corrected chi connectivity index (χ2v) is 5.27. The van der Waals surface area contributed by atoms with Gasteiger partial charge < -0.3 is 15.6 Å². The molecule has 1 aromatic rings. The second kappa shape index (κ2) is 6.32. The van der Waals surface area contributed by atoms with Gasteiger partial charge in [0.05, 0.1) is 6.61 Å². The third-order valence-electron chi connectivity index (χ3n) is 3.82. The standard InChI is InChI=1S/C15H23NO2/c16-11-15(17,14-8-2-1-3-9-14)12-18-10-13-6-4-5-7-13/h1-3,8-9,13,17H,4-7,10-12,16H2. The van der Waals surface area contributed by atoms with Crippen LogP contribution in [0.15, 0.2) is 30.3 Å². The number of nitrogens with two attached hydrogens (primary N) is 1. The summed E-state index contributed by atoms with van der Waals surface area (Å²) in [6, 6.07) is 9.54. The Labute approximate surface area is 109 Å². The van der Waals surface area contributed by atoms with E-state index in [0.29, 0.717) is 5.92 Å². The molecule has 3 heteroatoms. The lowest BCUT2D eigenvalue weighted by molar-refractivity contribution is -0.0520. The summed E-state index contributed by atoms with van der Waals surface area (Å²) in [7, 11) is 0. The molecule has 0 bridgehead atoms. The Hall–Kier alpha value is -0.900. The Morgan fingerprint density at radius 2 is 1.89 bits per heavy atom. The maximum Gasteiger partial charge on any atom is 0.125 e. The first kappa shape index (κ1) is 13.5. The summed E-state index contributed by atoms with van der Waals surface area (Å²) in [6.45, 7) is 1.21. The first-order valence-electron chi connectivity index (χ1n) is 6.80. The quantitative estimate of drug-likeness (QED) is 0.811. The minimum atomic E-state index is -1.06. The normalized spacial score (nSPS) is 19.9. The van der Waals surface area contributed by atoms with Crippen LogP contribution in [0.4, 0.5) is 0 Å². The zero-order valence-corrected chi connectivity index (χ0v) is 10.8. The highest BCUT2D eigenvalue weighted by atomic mass is 16.5. The average Bonchev–Trinajstić information content (AvgIpc) is 2.93. The van der Waals surface area contributed by atoms with Gasteiger partial charge in [-0.05, 0) is 24.3 Å². The number of rotatable bonds is 6. The van der Waals surface area contributed by atoms with Gasteiger partial charge >= 0.3 is 0 Å². The third-order valence-corrected chi connectivity index (χ3v) is 3.82. The van der Waals surface area contributed by atoms with Crippen molar-refractivity contribution in [3.63, 3.8) is 0 Å². The number of benzene rings is 1. The number of ether oxygens (including phenoxy) is 1. The maximum absolute atomic E-state index is 10.5. The lowest BCUT2D eigenvalue weighted by atomic mass is 9.95. The predicted octanol–water partition coefficient (Wildman–Crippen LogP) is 2.04. The van der Waals surface area contributed by atoms with Gasteiger partial charge in [-0.25, -0.2) is 0 Å². The fourth-order valence-corrected chi connectivity index (χ4v) is 2.58. The SMILES string of the molecule is NCC(O)(COCC1CCCC1)c1ccccc1. The van der Waals surface area contributed by atoms with Crippen LogP contribution in [-0.2, 0) is 10.3 Å². The summed E-state index contributed by atoms with van der Waals surface area (Å²) in [5.41, 5.74) is 5.48. The van der Waals surface area contributed by atoms with Gasteiger partial charge in [-0.2, -0.15) is 0 Å². The lowest BCUT2D eigenvalue weighted by Gasteiger charge is -2.27. The Kier molecular flexibility index (Phi) is 4.75. The van der Waals surface area contributed by atoms with E-state index in [1.54, 1.807) is 0 Å². The van der Waals surface area contributed by atoms with Gasteiger partial charge in [-0.1, -0.05) is 43.2 Å². The number of hydrogen-bond donors (Lipinski definition) is 2. The smallest absolute Gasteiger partial charge is 0.125 e. The van der Waals surface area contributed by atoms with Gasteiger partial charge in [-0.3, -0.25) is 0 Å². The molecule has 3 N–H and O–H groups in total. The Balaban J connectivity index is 1.87. The van der Waals surface area contributed by atoms with E-state index in [2.05, 4.69) is 0 Å². The summed E-state index contributed by atoms with van der Waals surface area (Å²) in [6.07, 6.45) is 5.14. The molecule has 1 aliphatic carbocycles. The van der Waals surface area contributed by atoms with Crippen molar-refractivity contribution in [3.8, 4) is 0 Å². The number of aliphatic hydroxyl groups is 1. The molecular weight excluding hydrogens is 226 g/mol. The summed E-state index contributed by atoms with van der Waals surface area (Å²) in [5.74, 6) is 0.669. The lowest BCUT2D eigenvalue weighted by Crippen LogP contribution is -2.40. The van der Waals surface area contributed by atoms with Gasteiger partial charge in [0, 0.05) is 13.2 Å². The van der Waals surface area contributed by atoms with E-state index in [1.807, 2.05) is 30.3 Å². The van der Waals surface area contributed by atoms with Crippen LogP contribution in [0.5, 0.6) is 0 Å². The van der Waals surface area contributed by atoms with Crippen LogP contribution in [0.1, 0.15) is 31.2 Å². The van der Waals surface area contributed by atoms with Crippen molar-refractivity contribution in [1.82, 2.24) is 0 Å². The second-order valence-electron chi connectivity index (χ2n) is 5.27. The average molecular weight is 249 g/mol. The molecule has 1 aliphatic rings. The molecule has 18 heavy (non-hydrogen) atoms. The van der Waals surface area contributed by atoms with Crippen molar-refractivity contribution in [2.24, 2.45) is 11.7 Å². The molecule has 0 radical (unpaired) electrons. The molecule has 0 spiro atoms. The fourth-order valence-electron chi connectivity index (χ4n) is 2.58. The van der Waals surface area contributed by atoms with Gasteiger partial charge in [0.1, 0.15) is 5.60 Å². The first-order valence-corrected chi connectivity index (χ1v) is 6.80. The van der Waals surface area contributed by atoms with Gasteiger partial charge in [0.2, 0.25) is 0 Å². The van der Waals surface area contributed by atoms with Crippen molar-refractivity contribution in [2.75, 3.05) is 19.8 Å². The molecule has 1 aromatic carbocycles. The van der Waals surface area contributed by atoms with Crippen LogP contribution in [0.2, 0.25) is 0 Å². The van der Waals surface area contributed by atoms with E-state index >= 15 is 0 Å². The van der Waals surface area contributed by atoms with Crippen LogP contribution >= 0.6 is 0 Å². The minimum absolute atomic E-state index is 0.182. The molecule has 2 rings (SSSR count). The Morgan fingerprint density at radius 3 is 2.50 bits per heavy atom. The van der Waals surface area contributed by atoms with Gasteiger partial charge in [0.25, 0.3) is 0 Å². The molecule has 1 fully saturated rings. The summed E-state index contributed by atoms with van der Waals surface area (Å²) in [5, 5.41) is 10.5. The fraction of sp³-hybridized carbons (Fsp3) is 0.600. The van der Waals surface area contributed by atoms with E-state index < -0.39 is 5.60 Å². The number of hydrogen-bond acceptors (Lipinski definition) is 3. The molecule has 0 aromatic heterocycles. The van der Waals surface area contributed by atoms with Crippen LogP contribution < -0.4 is 5.73 Å². The van der Waals surface area contributed by atoms with E-state index in [0.717, 1.165) is 12.2 Å². The van der Waals surface area contributed by atoms with E-state index in [1.165, 1.54) is 25.7 Å². The van der Waals surface area contributed by atoms with Crippen molar-refractivity contribution in [2.45, 2.75) is 31.3 Å². The van der Waals surface area contributed by atoms with Crippen LogP contribution in [-0.4, -0.2) is 24.9 Å². The Bertz CT molecular complexity index is 349. The van der Waals surface area contributed by atoms with Crippen molar-refractivity contribution in [1.29, 1.82) is 0 Å². The summed E-state index contributed by atoms with van der Waals surface area (Å²) in [4.78, 5) is 0. The Morgan fingerprint density at radius 1 is 1.22 bits per heavy atom. The van der Waals surface area contributed by atoms with Crippen LogP contribution in [0.3, 0.4) is 0 Å². The van der Waals surface area contributed by atoms with Crippen LogP contribution in [0.25, 0.3) is 0 Å². The van der Waals surface area contributed by atoms with Gasteiger partial charge in [0.15, 0.2) is 0 Å². The molecular formula is C15H23NO2. The monoisotopic (exact) mass is 249 g/mol. The largest absolute Gasteiger partial charge is 0.381 e. The molecule has 0 heterocycles. The molecule has 0 aliphatic heterocycles. The molecule has 1 unspecified atom stereocenters. The van der Waals surface area contributed by atoms with E-state index in [9.17, 15) is 5.11 Å². The van der Waals surface area contributed by atoms with E-state index in [-0.39, 0.29) is 13.2 Å². The highest BCUT2D eigenvalue weighted by Gasteiger charge is 2.28. The van der Waals surface area contributed by atoms with Crippen molar-refractivity contribution >= 4 is 0 Å². The zero-order valence-electron chi connectivity index (χ0n) is 10.8. The van der Waals surface area contributed by atoms with Crippen molar-refractivity contribution < 1.29 is 9.84 Å². The molecule has 100 valence electrons. The van der Waals surface area contributed by atoms with Crippen LogP contribution in [0, 0.1) is 5.92 Å². The highest BCUT2D eigenvalue weighted by molar-refractivity contribution is 5.22. The maximum atomic E-state index is 10.5. The van der Waals surface area contributed by atoms with Crippen molar-refractivity contribution in [3.05, 3.63) is 35.9 Å². The topological polar surface area (TPSA) is 55.5 Å². The first-order chi connectivity index (χ1) is 8.74. The summed E-state index contributed by atoms with van der Waals surface area (Å²) < 4.78 is 5.70. The molecule has 0 saturated heterocycles. The molecule has 3 nitrogen and oxygen atoms in total. The zero-order chi connectivity index (χ0) is 12.8. The minimum Gasteiger partial charge on any atom is -0.381 e. The molecule has 0 amide bonds. The summed E-state index contributed by atoms with van der Waals surface area (Å²) >= 11 is 0. The molecule has 1 saturated carbocycles. The van der Waals surface area contributed by atoms with Gasteiger partial charge in [-0.15, -0.1) is 0 Å². The predicted molar refractivity (Wildman–Crippen MR) is 72.2 cm³/mol.